The van der Waals surface area contributed by atoms with Crippen LogP contribution in [0.3, 0.4) is 0 Å². The van der Waals surface area contributed by atoms with E-state index < -0.39 is 5.54 Å². The summed E-state index contributed by atoms with van der Waals surface area (Å²) in [5, 5.41) is 2.91. The summed E-state index contributed by atoms with van der Waals surface area (Å²) in [6, 6.07) is 15.7. The van der Waals surface area contributed by atoms with E-state index in [2.05, 4.69) is 23.5 Å². The molecular weight excluding hydrogens is 392 g/mol. The van der Waals surface area contributed by atoms with E-state index in [1.807, 2.05) is 30.3 Å². The summed E-state index contributed by atoms with van der Waals surface area (Å²) in [6.45, 7) is 7.98. The molecule has 3 aliphatic heterocycles. The minimum absolute atomic E-state index is 0.161. The van der Waals surface area contributed by atoms with Crippen LogP contribution in [0.2, 0.25) is 0 Å². The Kier molecular flexibility index (Phi) is 5.16. The molecule has 1 atom stereocenters. The standard InChI is InChI=1S/C24H28N4O3/c1-24(20-5-3-2-4-6-20)22(29)28(23(30)25-24)17-27-12-10-26(11-13-27)16-18-7-8-21-19(15-18)9-14-31-21/h2-8,15H,9-14,16-17H2,1H3,(H,25,30)/p+2/t24-/m1/s1. The molecule has 0 bridgehead atoms. The van der Waals surface area contributed by atoms with Crippen molar-refractivity contribution in [2.75, 3.05) is 39.5 Å². The van der Waals surface area contributed by atoms with E-state index >= 15 is 0 Å². The Hall–Kier alpha value is -2.90. The normalized spacial score (nSPS) is 27.7. The summed E-state index contributed by atoms with van der Waals surface area (Å²) in [5.74, 6) is 0.871. The Bertz CT molecular complexity index is 988. The van der Waals surface area contributed by atoms with Crippen LogP contribution in [0.1, 0.15) is 23.6 Å². The number of ether oxygens (including phenoxy) is 1. The maximum Gasteiger partial charge on any atom is 0.329 e. The second-order valence-corrected chi connectivity index (χ2v) is 9.03. The Morgan fingerprint density at radius 3 is 2.55 bits per heavy atom. The first-order valence-electron chi connectivity index (χ1n) is 11.1. The van der Waals surface area contributed by atoms with Gasteiger partial charge in [-0.05, 0) is 36.2 Å². The van der Waals surface area contributed by atoms with E-state index in [0.29, 0.717) is 6.67 Å². The first-order valence-corrected chi connectivity index (χ1v) is 11.1. The highest BCUT2D eigenvalue weighted by molar-refractivity contribution is 6.07. The van der Waals surface area contributed by atoms with Crippen molar-refractivity contribution >= 4 is 11.9 Å². The summed E-state index contributed by atoms with van der Waals surface area (Å²) in [7, 11) is 0. The van der Waals surface area contributed by atoms with Crippen LogP contribution in [0.4, 0.5) is 4.79 Å². The number of quaternary nitrogens is 2. The highest BCUT2D eigenvalue weighted by atomic mass is 16.5. The van der Waals surface area contributed by atoms with Gasteiger partial charge in [0.25, 0.3) is 5.91 Å². The highest BCUT2D eigenvalue weighted by Crippen LogP contribution is 2.28. The van der Waals surface area contributed by atoms with Crippen molar-refractivity contribution in [3.8, 4) is 5.75 Å². The molecule has 3 aliphatic rings. The number of fused-ring (bicyclic) bond motifs is 1. The van der Waals surface area contributed by atoms with Gasteiger partial charge in [-0.15, -0.1) is 0 Å². The number of hydrogen-bond acceptors (Lipinski definition) is 3. The maximum absolute atomic E-state index is 13.1. The predicted octanol–water partition coefficient (Wildman–Crippen LogP) is -0.670. The molecule has 3 N–H and O–H groups in total. The molecular formula is C24H30N4O3+2. The lowest BCUT2D eigenvalue weighted by molar-refractivity contribution is -1.02. The molecule has 31 heavy (non-hydrogen) atoms. The Labute approximate surface area is 182 Å². The van der Waals surface area contributed by atoms with Gasteiger partial charge in [-0.25, -0.2) is 9.69 Å². The van der Waals surface area contributed by atoms with Crippen molar-refractivity contribution in [3.63, 3.8) is 0 Å². The molecule has 7 heteroatoms. The summed E-state index contributed by atoms with van der Waals surface area (Å²) in [6.07, 6.45) is 1.00. The van der Waals surface area contributed by atoms with Crippen molar-refractivity contribution in [2.24, 2.45) is 0 Å². The molecule has 0 aromatic heterocycles. The zero-order valence-corrected chi connectivity index (χ0v) is 17.9. The van der Waals surface area contributed by atoms with E-state index in [9.17, 15) is 9.59 Å². The van der Waals surface area contributed by atoms with Crippen LogP contribution in [0.15, 0.2) is 48.5 Å². The second kappa shape index (κ2) is 7.98. The number of imide groups is 1. The lowest BCUT2D eigenvalue weighted by Crippen LogP contribution is -3.28. The zero-order valence-electron chi connectivity index (χ0n) is 17.9. The maximum atomic E-state index is 13.1. The first-order chi connectivity index (χ1) is 15.0. The van der Waals surface area contributed by atoms with Gasteiger partial charge in [0.2, 0.25) is 0 Å². The van der Waals surface area contributed by atoms with Gasteiger partial charge in [-0.1, -0.05) is 30.3 Å². The van der Waals surface area contributed by atoms with Crippen LogP contribution < -0.4 is 19.9 Å². The number of rotatable bonds is 5. The van der Waals surface area contributed by atoms with Gasteiger partial charge in [-0.3, -0.25) is 4.79 Å². The van der Waals surface area contributed by atoms with Crippen LogP contribution in [0, 0.1) is 0 Å². The largest absolute Gasteiger partial charge is 0.493 e. The molecule has 7 nitrogen and oxygen atoms in total. The van der Waals surface area contributed by atoms with E-state index in [1.165, 1.54) is 20.9 Å². The lowest BCUT2D eigenvalue weighted by atomic mass is 9.92. The topological polar surface area (TPSA) is 67.5 Å². The number of nitrogens with one attached hydrogen (secondary N) is 3. The van der Waals surface area contributed by atoms with Gasteiger partial charge in [0.1, 0.15) is 44.0 Å². The molecule has 2 aromatic rings. The average molecular weight is 423 g/mol. The molecule has 3 amide bonds. The Morgan fingerprint density at radius 2 is 1.77 bits per heavy atom. The molecule has 0 spiro atoms. The van der Waals surface area contributed by atoms with Crippen LogP contribution in [0.25, 0.3) is 0 Å². The third-order valence-corrected chi connectivity index (χ3v) is 6.88. The summed E-state index contributed by atoms with van der Waals surface area (Å²) < 4.78 is 5.61. The van der Waals surface area contributed by atoms with Crippen LogP contribution in [0.5, 0.6) is 5.75 Å². The smallest absolute Gasteiger partial charge is 0.329 e. The predicted molar refractivity (Wildman–Crippen MR) is 115 cm³/mol. The van der Waals surface area contributed by atoms with Crippen molar-refractivity contribution < 1.29 is 24.1 Å². The van der Waals surface area contributed by atoms with Gasteiger partial charge < -0.3 is 19.9 Å². The molecule has 5 rings (SSSR count). The minimum Gasteiger partial charge on any atom is -0.493 e. The number of carbonyl (C=O) groups is 2. The number of nitrogens with zero attached hydrogens (tertiary/aromatic N) is 1. The number of carbonyl (C=O) groups excluding carboxylic acids is 2. The number of urea groups is 1. The second-order valence-electron chi connectivity index (χ2n) is 9.03. The molecule has 0 unspecified atom stereocenters. The highest BCUT2D eigenvalue weighted by Gasteiger charge is 2.50. The van der Waals surface area contributed by atoms with E-state index in [-0.39, 0.29) is 11.9 Å². The quantitative estimate of drug-likeness (QED) is 0.560. The number of piperazine rings is 1. The van der Waals surface area contributed by atoms with E-state index in [4.69, 9.17) is 4.74 Å². The van der Waals surface area contributed by atoms with Gasteiger partial charge in [0.15, 0.2) is 6.67 Å². The first kappa shape index (κ1) is 20.0. The van der Waals surface area contributed by atoms with Gasteiger partial charge in [0, 0.05) is 12.0 Å². The van der Waals surface area contributed by atoms with Crippen LogP contribution in [-0.4, -0.2) is 56.3 Å². The van der Waals surface area contributed by atoms with Gasteiger partial charge in [-0.2, -0.15) is 0 Å². The average Bonchev–Trinajstić information content (AvgIpc) is 3.34. The number of hydrogen-bond donors (Lipinski definition) is 3. The molecule has 0 aliphatic carbocycles. The summed E-state index contributed by atoms with van der Waals surface area (Å²) >= 11 is 0. The Morgan fingerprint density at radius 1 is 1.03 bits per heavy atom. The fourth-order valence-corrected chi connectivity index (χ4v) is 4.96. The van der Waals surface area contributed by atoms with Crippen molar-refractivity contribution in [1.82, 2.24) is 10.2 Å². The summed E-state index contributed by atoms with van der Waals surface area (Å²) in [4.78, 5) is 30.0. The SMILES string of the molecule is C[C@]1(c2ccccc2)NC(=O)N(C[NH+]2CC[NH+](Cc3ccc4c(c3)CCO4)CC2)C1=O. The Balaban J connectivity index is 1.17. The third-order valence-electron chi connectivity index (χ3n) is 6.88. The van der Waals surface area contributed by atoms with Crippen LogP contribution in [-0.2, 0) is 23.3 Å². The zero-order chi connectivity index (χ0) is 21.4. The molecule has 2 fully saturated rings. The van der Waals surface area contributed by atoms with Gasteiger partial charge >= 0.3 is 6.03 Å². The fourth-order valence-electron chi connectivity index (χ4n) is 4.96. The lowest BCUT2D eigenvalue weighted by Gasteiger charge is -2.31. The van der Waals surface area contributed by atoms with Gasteiger partial charge in [0.05, 0.1) is 6.61 Å². The minimum atomic E-state index is -0.984. The van der Waals surface area contributed by atoms with E-state index in [1.54, 1.807) is 11.8 Å². The van der Waals surface area contributed by atoms with E-state index in [0.717, 1.165) is 57.1 Å². The molecule has 0 saturated carbocycles. The molecule has 162 valence electrons. The molecule has 0 radical (unpaired) electrons. The monoisotopic (exact) mass is 422 g/mol. The summed E-state index contributed by atoms with van der Waals surface area (Å²) in [5.41, 5.74) is 2.51. The third kappa shape index (κ3) is 3.79. The van der Waals surface area contributed by atoms with Crippen molar-refractivity contribution in [3.05, 3.63) is 65.2 Å². The molecule has 3 heterocycles. The number of benzene rings is 2. The fraction of sp³-hybridized carbons (Fsp3) is 0.417. The number of amides is 3. The van der Waals surface area contributed by atoms with Crippen molar-refractivity contribution in [2.45, 2.75) is 25.4 Å². The van der Waals surface area contributed by atoms with Crippen molar-refractivity contribution in [1.29, 1.82) is 0 Å². The molecule has 2 aromatic carbocycles. The molecule has 2 saturated heterocycles. The van der Waals surface area contributed by atoms with Crippen LogP contribution >= 0.6 is 0 Å².